The molecule has 2 fully saturated rings. The topological polar surface area (TPSA) is 48.7 Å². The van der Waals surface area contributed by atoms with Crippen LogP contribution in [-0.2, 0) is 11.3 Å². The first-order valence-corrected chi connectivity index (χ1v) is 7.84. The Morgan fingerprint density at radius 3 is 2.67 bits per heavy atom. The summed E-state index contributed by atoms with van der Waals surface area (Å²) in [4.78, 5) is 16.3. The van der Waals surface area contributed by atoms with Gasteiger partial charge in [0.05, 0.1) is 19.4 Å². The van der Waals surface area contributed by atoms with Crippen LogP contribution in [0.4, 0.5) is 0 Å². The first-order chi connectivity index (χ1) is 10.1. The number of nitrogens with one attached hydrogen (secondary N) is 1. The van der Waals surface area contributed by atoms with Crippen molar-refractivity contribution < 1.29 is 9.21 Å². The average molecular weight is 291 g/mol. The van der Waals surface area contributed by atoms with Gasteiger partial charge in [-0.3, -0.25) is 9.69 Å². The smallest absolute Gasteiger partial charge is 0.236 e. The van der Waals surface area contributed by atoms with Crippen LogP contribution in [0, 0.1) is 0 Å². The van der Waals surface area contributed by atoms with E-state index in [-0.39, 0.29) is 5.91 Å². The quantitative estimate of drug-likeness (QED) is 0.892. The van der Waals surface area contributed by atoms with E-state index in [1.165, 1.54) is 25.7 Å². The van der Waals surface area contributed by atoms with Crippen molar-refractivity contribution in [2.75, 3.05) is 20.6 Å². The summed E-state index contributed by atoms with van der Waals surface area (Å²) in [5.74, 6) is 0.980. The predicted molar refractivity (Wildman–Crippen MR) is 80.8 cm³/mol. The minimum absolute atomic E-state index is 0.153. The third-order valence-electron chi connectivity index (χ3n) is 4.86. The molecule has 3 rings (SSSR count). The molecule has 116 valence electrons. The van der Waals surface area contributed by atoms with Crippen LogP contribution in [0.3, 0.4) is 0 Å². The molecule has 2 unspecified atom stereocenters. The molecular weight excluding hydrogens is 266 g/mol. The fraction of sp³-hybridized carbons (Fsp3) is 0.688. The number of nitrogens with zero attached hydrogens (tertiary/aromatic N) is 2. The molecule has 1 aromatic rings. The zero-order valence-corrected chi connectivity index (χ0v) is 12.9. The zero-order valence-electron chi connectivity index (χ0n) is 12.9. The maximum absolute atomic E-state index is 12.3. The highest BCUT2D eigenvalue weighted by atomic mass is 16.3. The van der Waals surface area contributed by atoms with Gasteiger partial charge in [0.1, 0.15) is 5.76 Å². The van der Waals surface area contributed by atoms with Gasteiger partial charge < -0.3 is 14.6 Å². The van der Waals surface area contributed by atoms with Gasteiger partial charge in [0.15, 0.2) is 0 Å². The standard InChI is InChI=1S/C16H25N3O2/c1-18(14-8-12-5-6-13(9-14)17-12)11-16(20)19(2)10-15-4-3-7-21-15/h3-4,7,12-14,17H,5-6,8-11H2,1-2H3. The Labute approximate surface area is 126 Å². The van der Waals surface area contributed by atoms with Crippen molar-refractivity contribution in [3.63, 3.8) is 0 Å². The SMILES string of the molecule is CN(Cc1ccco1)C(=O)CN(C)C1CC2CCC(C1)N2. The molecule has 0 radical (unpaired) electrons. The van der Waals surface area contributed by atoms with Gasteiger partial charge in [-0.25, -0.2) is 0 Å². The molecule has 0 spiro atoms. The summed E-state index contributed by atoms with van der Waals surface area (Å²) in [5, 5.41) is 3.65. The number of rotatable bonds is 5. The molecule has 0 aromatic carbocycles. The summed E-state index contributed by atoms with van der Waals surface area (Å²) in [6, 6.07) is 5.60. The summed E-state index contributed by atoms with van der Waals surface area (Å²) in [5.41, 5.74) is 0. The van der Waals surface area contributed by atoms with E-state index in [1.54, 1.807) is 11.2 Å². The van der Waals surface area contributed by atoms with Crippen molar-refractivity contribution in [3.05, 3.63) is 24.2 Å². The predicted octanol–water partition coefficient (Wildman–Crippen LogP) is 1.45. The van der Waals surface area contributed by atoms with Gasteiger partial charge in [-0.1, -0.05) is 0 Å². The van der Waals surface area contributed by atoms with E-state index in [4.69, 9.17) is 4.42 Å². The van der Waals surface area contributed by atoms with Crippen LogP contribution in [0.2, 0.25) is 0 Å². The number of fused-ring (bicyclic) bond motifs is 2. The molecule has 0 saturated carbocycles. The molecule has 1 aromatic heterocycles. The first-order valence-electron chi connectivity index (χ1n) is 7.84. The van der Waals surface area contributed by atoms with E-state index in [1.807, 2.05) is 19.2 Å². The molecule has 0 aliphatic carbocycles. The second-order valence-electron chi connectivity index (χ2n) is 6.51. The minimum Gasteiger partial charge on any atom is -0.467 e. The largest absolute Gasteiger partial charge is 0.467 e. The van der Waals surface area contributed by atoms with Crippen LogP contribution in [0.5, 0.6) is 0 Å². The highest BCUT2D eigenvalue weighted by Crippen LogP contribution is 2.29. The third kappa shape index (κ3) is 3.47. The molecule has 2 aliphatic rings. The minimum atomic E-state index is 0.153. The van der Waals surface area contributed by atoms with E-state index in [0.29, 0.717) is 31.2 Å². The number of carbonyl (C=O) groups excluding carboxylic acids is 1. The van der Waals surface area contributed by atoms with Crippen LogP contribution in [0.1, 0.15) is 31.4 Å². The van der Waals surface area contributed by atoms with E-state index in [9.17, 15) is 4.79 Å². The highest BCUT2D eigenvalue weighted by molar-refractivity contribution is 5.77. The van der Waals surface area contributed by atoms with Crippen LogP contribution in [0.25, 0.3) is 0 Å². The van der Waals surface area contributed by atoms with E-state index in [0.717, 1.165) is 5.76 Å². The van der Waals surface area contributed by atoms with E-state index < -0.39 is 0 Å². The second kappa shape index (κ2) is 6.20. The fourth-order valence-electron chi connectivity index (χ4n) is 3.57. The summed E-state index contributed by atoms with van der Waals surface area (Å²) < 4.78 is 5.30. The maximum Gasteiger partial charge on any atom is 0.236 e. The van der Waals surface area contributed by atoms with Gasteiger partial charge in [0, 0.05) is 25.2 Å². The van der Waals surface area contributed by atoms with Crippen molar-refractivity contribution in [1.29, 1.82) is 0 Å². The van der Waals surface area contributed by atoms with Gasteiger partial charge in [-0.05, 0) is 44.9 Å². The molecule has 5 heteroatoms. The lowest BCUT2D eigenvalue weighted by atomic mass is 9.98. The van der Waals surface area contributed by atoms with Crippen molar-refractivity contribution >= 4 is 5.91 Å². The number of carbonyl (C=O) groups is 1. The molecule has 2 aliphatic heterocycles. The lowest BCUT2D eigenvalue weighted by Gasteiger charge is -2.35. The monoisotopic (exact) mass is 291 g/mol. The van der Waals surface area contributed by atoms with E-state index in [2.05, 4.69) is 17.3 Å². The first kappa shape index (κ1) is 14.6. The summed E-state index contributed by atoms with van der Waals surface area (Å²) >= 11 is 0. The van der Waals surface area contributed by atoms with Gasteiger partial charge in [0.2, 0.25) is 5.91 Å². The van der Waals surface area contributed by atoms with E-state index >= 15 is 0 Å². The Kier molecular flexibility index (Phi) is 4.31. The molecule has 1 N–H and O–H groups in total. The van der Waals surface area contributed by atoms with Crippen LogP contribution >= 0.6 is 0 Å². The molecule has 2 saturated heterocycles. The lowest BCUT2D eigenvalue weighted by molar-refractivity contribution is -0.132. The molecule has 1 amide bonds. The molecule has 5 nitrogen and oxygen atoms in total. The average Bonchev–Trinajstić information content (AvgIpc) is 3.08. The Balaban J connectivity index is 1.49. The molecular formula is C16H25N3O2. The number of amides is 1. The number of piperidine rings is 1. The normalized spacial score (nSPS) is 28.0. The Morgan fingerprint density at radius 2 is 2.05 bits per heavy atom. The number of hydrogen-bond acceptors (Lipinski definition) is 4. The maximum atomic E-state index is 12.3. The van der Waals surface area contributed by atoms with Crippen molar-refractivity contribution in [2.24, 2.45) is 0 Å². The summed E-state index contributed by atoms with van der Waals surface area (Å²) in [7, 11) is 3.92. The zero-order chi connectivity index (χ0) is 14.8. The van der Waals surface area contributed by atoms with Crippen molar-refractivity contribution in [3.8, 4) is 0 Å². The number of furan rings is 1. The van der Waals surface area contributed by atoms with Crippen LogP contribution in [-0.4, -0.2) is 54.5 Å². The van der Waals surface area contributed by atoms with Gasteiger partial charge in [-0.15, -0.1) is 0 Å². The Hall–Kier alpha value is -1.33. The third-order valence-corrected chi connectivity index (χ3v) is 4.86. The van der Waals surface area contributed by atoms with Crippen LogP contribution < -0.4 is 5.32 Å². The fourth-order valence-corrected chi connectivity index (χ4v) is 3.57. The van der Waals surface area contributed by atoms with Crippen molar-refractivity contribution in [2.45, 2.75) is 50.4 Å². The number of hydrogen-bond donors (Lipinski definition) is 1. The van der Waals surface area contributed by atoms with Crippen LogP contribution in [0.15, 0.2) is 22.8 Å². The number of likely N-dealkylation sites (N-methyl/N-ethyl adjacent to an activating group) is 2. The van der Waals surface area contributed by atoms with Crippen molar-refractivity contribution in [1.82, 2.24) is 15.1 Å². The molecule has 2 bridgehead atoms. The van der Waals surface area contributed by atoms with Gasteiger partial charge in [-0.2, -0.15) is 0 Å². The lowest BCUT2D eigenvalue weighted by Crippen LogP contribution is -2.49. The Bertz CT molecular complexity index is 462. The summed E-state index contributed by atoms with van der Waals surface area (Å²) in [6.45, 7) is 1.03. The second-order valence-corrected chi connectivity index (χ2v) is 6.51. The Morgan fingerprint density at radius 1 is 1.33 bits per heavy atom. The molecule has 2 atom stereocenters. The molecule has 3 heterocycles. The van der Waals surface area contributed by atoms with Gasteiger partial charge in [0.25, 0.3) is 0 Å². The van der Waals surface area contributed by atoms with Gasteiger partial charge >= 0.3 is 0 Å². The highest BCUT2D eigenvalue weighted by Gasteiger charge is 2.35. The summed E-state index contributed by atoms with van der Waals surface area (Å²) in [6.07, 6.45) is 6.57. The molecule has 21 heavy (non-hydrogen) atoms.